The minimum Gasteiger partial charge on any atom is -0.371 e. The largest absolute Gasteiger partial charge is 0.371 e. The van der Waals surface area contributed by atoms with Gasteiger partial charge in [0.1, 0.15) is 6.23 Å². The predicted molar refractivity (Wildman–Crippen MR) is 108 cm³/mol. The monoisotopic (exact) mass is 382 g/mol. The summed E-state index contributed by atoms with van der Waals surface area (Å²) in [7, 11) is 0. The van der Waals surface area contributed by atoms with Gasteiger partial charge in [-0.3, -0.25) is 14.7 Å². The molecule has 1 aromatic rings. The van der Waals surface area contributed by atoms with E-state index in [4.69, 9.17) is 4.74 Å². The van der Waals surface area contributed by atoms with Crippen molar-refractivity contribution in [2.45, 2.75) is 43.9 Å². The molecule has 0 radical (unpaired) electrons. The second-order valence-corrected chi connectivity index (χ2v) is 8.78. The molecule has 3 fully saturated rings. The number of amides is 1. The number of piperidine rings is 1. The van der Waals surface area contributed by atoms with Crippen LogP contribution in [0.5, 0.6) is 0 Å². The first kappa shape index (κ1) is 18.1. The van der Waals surface area contributed by atoms with Crippen LogP contribution < -0.4 is 4.90 Å². The average Bonchev–Trinajstić information content (AvgIpc) is 3.08. The quantitative estimate of drug-likeness (QED) is 0.751. The Bertz CT molecular complexity index is 729. The molecule has 2 atom stereocenters. The molecule has 3 aliphatic heterocycles. The van der Waals surface area contributed by atoms with E-state index in [1.807, 2.05) is 17.3 Å². The topological polar surface area (TPSA) is 48.9 Å². The van der Waals surface area contributed by atoms with Crippen molar-refractivity contribution in [2.24, 2.45) is 5.92 Å². The lowest BCUT2D eigenvalue weighted by molar-refractivity contribution is -0.149. The molecule has 0 saturated carbocycles. The van der Waals surface area contributed by atoms with Crippen molar-refractivity contribution in [3.63, 3.8) is 0 Å². The molecule has 0 bridgehead atoms. The van der Waals surface area contributed by atoms with Crippen LogP contribution in [0.15, 0.2) is 36.7 Å². The normalized spacial score (nSPS) is 30.1. The smallest absolute Gasteiger partial charge is 0.238 e. The third kappa shape index (κ3) is 3.55. The fourth-order valence-electron chi connectivity index (χ4n) is 5.26. The number of allylic oxidation sites excluding steroid dienone is 1. The van der Waals surface area contributed by atoms with Gasteiger partial charge in [0.25, 0.3) is 0 Å². The number of carbonyl (C=O) groups excluding carboxylic acids is 1. The maximum atomic E-state index is 12.8. The van der Waals surface area contributed by atoms with Crippen LogP contribution in [0.1, 0.15) is 32.1 Å². The standard InChI is InChI=1S/C22H30N4O2/c27-20-15-24(14-18-4-2-1-3-5-18)16-21-26(20)17-22(28-21)8-12-25(13-9-22)19-6-10-23-11-7-19/h2,4,6-7,10-11,18,21H,1,3,5,8-9,12-17H2. The molecule has 3 saturated heterocycles. The van der Waals surface area contributed by atoms with E-state index >= 15 is 0 Å². The van der Waals surface area contributed by atoms with Gasteiger partial charge in [0.2, 0.25) is 5.91 Å². The lowest BCUT2D eigenvalue weighted by Crippen LogP contribution is -2.55. The molecule has 1 spiro atoms. The van der Waals surface area contributed by atoms with Crippen molar-refractivity contribution in [1.82, 2.24) is 14.8 Å². The Hall–Kier alpha value is -1.92. The van der Waals surface area contributed by atoms with Gasteiger partial charge in [-0.1, -0.05) is 12.2 Å². The van der Waals surface area contributed by atoms with Gasteiger partial charge in [-0.15, -0.1) is 0 Å². The van der Waals surface area contributed by atoms with Gasteiger partial charge in [0.15, 0.2) is 0 Å². The second-order valence-electron chi connectivity index (χ2n) is 8.78. The molecular formula is C22H30N4O2. The molecule has 28 heavy (non-hydrogen) atoms. The summed E-state index contributed by atoms with van der Waals surface area (Å²) in [5.41, 5.74) is 1.06. The van der Waals surface area contributed by atoms with E-state index in [0.29, 0.717) is 12.5 Å². The molecule has 1 amide bonds. The molecule has 4 aliphatic rings. The third-order valence-corrected chi connectivity index (χ3v) is 6.83. The summed E-state index contributed by atoms with van der Waals surface area (Å²) in [6, 6.07) is 4.13. The van der Waals surface area contributed by atoms with Crippen molar-refractivity contribution in [2.75, 3.05) is 44.2 Å². The first-order valence-electron chi connectivity index (χ1n) is 10.7. The van der Waals surface area contributed by atoms with Gasteiger partial charge >= 0.3 is 0 Å². The lowest BCUT2D eigenvalue weighted by Gasteiger charge is -2.39. The highest BCUT2D eigenvalue weighted by atomic mass is 16.5. The fourth-order valence-corrected chi connectivity index (χ4v) is 5.26. The van der Waals surface area contributed by atoms with Gasteiger partial charge in [0.05, 0.1) is 18.7 Å². The van der Waals surface area contributed by atoms with Gasteiger partial charge in [-0.05, 0) is 50.2 Å². The highest BCUT2D eigenvalue weighted by Gasteiger charge is 2.50. The lowest BCUT2D eigenvalue weighted by atomic mass is 9.91. The van der Waals surface area contributed by atoms with E-state index in [2.05, 4.69) is 39.1 Å². The summed E-state index contributed by atoms with van der Waals surface area (Å²) >= 11 is 0. The molecule has 0 aromatic carbocycles. The molecule has 0 N–H and O–H groups in total. The van der Waals surface area contributed by atoms with Gasteiger partial charge in [0, 0.05) is 44.3 Å². The number of rotatable bonds is 3. The molecule has 1 aliphatic carbocycles. The van der Waals surface area contributed by atoms with Crippen LogP contribution in [0.25, 0.3) is 0 Å². The number of hydrogen-bond acceptors (Lipinski definition) is 5. The summed E-state index contributed by atoms with van der Waals surface area (Å²) < 4.78 is 6.57. The number of nitrogens with zero attached hydrogens (tertiary/aromatic N) is 4. The number of piperazine rings is 1. The van der Waals surface area contributed by atoms with Crippen LogP contribution in [-0.4, -0.2) is 71.8 Å². The van der Waals surface area contributed by atoms with Crippen LogP contribution in [0.2, 0.25) is 0 Å². The van der Waals surface area contributed by atoms with Gasteiger partial charge < -0.3 is 14.5 Å². The Balaban J connectivity index is 1.21. The Morgan fingerprint density at radius 3 is 2.79 bits per heavy atom. The van der Waals surface area contributed by atoms with Gasteiger partial charge in [-0.25, -0.2) is 0 Å². The number of pyridine rings is 1. The zero-order chi connectivity index (χ0) is 19.0. The Labute approximate surface area is 167 Å². The Kier molecular flexibility index (Phi) is 4.85. The first-order valence-corrected chi connectivity index (χ1v) is 10.7. The number of aromatic nitrogens is 1. The van der Waals surface area contributed by atoms with E-state index in [9.17, 15) is 4.79 Å². The summed E-state index contributed by atoms with van der Waals surface area (Å²) in [6.07, 6.45) is 13.9. The average molecular weight is 383 g/mol. The zero-order valence-electron chi connectivity index (χ0n) is 16.5. The van der Waals surface area contributed by atoms with Crippen molar-refractivity contribution in [3.8, 4) is 0 Å². The molecule has 6 heteroatoms. The SMILES string of the molecule is O=C1CN(CC2C=CCCC2)CC2OC3(CCN(c4ccncc4)CC3)CN12. The molecule has 1 aromatic heterocycles. The minimum absolute atomic E-state index is 0.0682. The summed E-state index contributed by atoms with van der Waals surface area (Å²) in [5.74, 6) is 0.830. The summed E-state index contributed by atoms with van der Waals surface area (Å²) in [5, 5.41) is 0. The van der Waals surface area contributed by atoms with Crippen LogP contribution >= 0.6 is 0 Å². The second kappa shape index (κ2) is 7.48. The number of fused-ring (bicyclic) bond motifs is 1. The van der Waals surface area contributed by atoms with Crippen molar-refractivity contribution in [3.05, 3.63) is 36.7 Å². The number of ether oxygens (including phenoxy) is 1. The first-order chi connectivity index (χ1) is 13.7. The molecule has 5 rings (SSSR count). The molecule has 150 valence electrons. The zero-order valence-corrected chi connectivity index (χ0v) is 16.5. The van der Waals surface area contributed by atoms with E-state index in [0.717, 1.165) is 45.6 Å². The Morgan fingerprint density at radius 2 is 2.04 bits per heavy atom. The van der Waals surface area contributed by atoms with Crippen LogP contribution in [-0.2, 0) is 9.53 Å². The number of carbonyl (C=O) groups is 1. The summed E-state index contributed by atoms with van der Waals surface area (Å²) in [4.78, 5) is 23.6. The van der Waals surface area contributed by atoms with E-state index < -0.39 is 0 Å². The molecule has 4 heterocycles. The summed E-state index contributed by atoms with van der Waals surface area (Å²) in [6.45, 7) is 5.08. The van der Waals surface area contributed by atoms with Crippen LogP contribution in [0.3, 0.4) is 0 Å². The van der Waals surface area contributed by atoms with Crippen molar-refractivity contribution in [1.29, 1.82) is 0 Å². The maximum absolute atomic E-state index is 12.8. The molecular weight excluding hydrogens is 352 g/mol. The predicted octanol–water partition coefficient (Wildman–Crippen LogP) is 2.28. The van der Waals surface area contributed by atoms with E-state index in [-0.39, 0.29) is 17.7 Å². The van der Waals surface area contributed by atoms with Crippen molar-refractivity contribution < 1.29 is 9.53 Å². The minimum atomic E-state index is -0.162. The van der Waals surface area contributed by atoms with E-state index in [1.54, 1.807) is 0 Å². The highest BCUT2D eigenvalue weighted by Crippen LogP contribution is 2.38. The fraction of sp³-hybridized carbons (Fsp3) is 0.636. The number of anilines is 1. The van der Waals surface area contributed by atoms with E-state index in [1.165, 1.54) is 24.9 Å². The van der Waals surface area contributed by atoms with Gasteiger partial charge in [-0.2, -0.15) is 0 Å². The number of hydrogen-bond donors (Lipinski definition) is 0. The highest BCUT2D eigenvalue weighted by molar-refractivity contribution is 5.79. The third-order valence-electron chi connectivity index (χ3n) is 6.83. The Morgan fingerprint density at radius 1 is 1.21 bits per heavy atom. The molecule has 6 nitrogen and oxygen atoms in total. The van der Waals surface area contributed by atoms with Crippen LogP contribution in [0, 0.1) is 5.92 Å². The molecule has 2 unspecified atom stereocenters. The maximum Gasteiger partial charge on any atom is 0.238 e. The van der Waals surface area contributed by atoms with Crippen molar-refractivity contribution >= 4 is 11.6 Å². The van der Waals surface area contributed by atoms with Crippen LogP contribution in [0.4, 0.5) is 5.69 Å².